The number of pyridine rings is 1. The number of primary amides is 1. The van der Waals surface area contributed by atoms with Crippen LogP contribution in [0.1, 0.15) is 55.2 Å². The Kier molecular flexibility index (Phi) is 12.7. The van der Waals surface area contributed by atoms with Gasteiger partial charge in [0.1, 0.15) is 24.1 Å². The fourth-order valence-corrected chi connectivity index (χ4v) is 6.35. The van der Waals surface area contributed by atoms with Gasteiger partial charge in [-0.25, -0.2) is 0 Å². The molecule has 14 heteroatoms. The maximum absolute atomic E-state index is 12.8. The molecule has 0 aliphatic heterocycles. The molecule has 2 fully saturated rings. The number of aromatic nitrogens is 1. The summed E-state index contributed by atoms with van der Waals surface area (Å²) in [6.45, 7) is -1.21. The third-order valence-electron chi connectivity index (χ3n) is 9.02. The van der Waals surface area contributed by atoms with Gasteiger partial charge in [0, 0.05) is 40.1 Å². The van der Waals surface area contributed by atoms with Gasteiger partial charge in [0.2, 0.25) is 5.91 Å². The van der Waals surface area contributed by atoms with Crippen molar-refractivity contribution in [2.45, 2.75) is 87.7 Å². The summed E-state index contributed by atoms with van der Waals surface area (Å²) in [5.41, 5.74) is 9.29. The number of nitrogens with zero attached hydrogens (tertiary/aromatic N) is 2. The third kappa shape index (κ3) is 9.31. The lowest BCUT2D eigenvalue weighted by atomic mass is 9.96. The standard InChI is InChI=1S/C36H43Cl2N3O9/c37-27-16-22(20-49-36(11-12-36)26-17-40-13-10-24(26)25-6-1-2-7-30(25)50-23-8-9-23)28(38)15-21(27)5-3-4-14-41(18-31(39)44)35(48)34(47)33(46)32(45)29(43)19-42/h1-2,6-7,10,13,15-17,23,29,32-34,42-43,45-47H,3-5,8-9,11-12,14,18-20H2,(H2,39,44). The van der Waals surface area contributed by atoms with E-state index < -0.39 is 55.0 Å². The van der Waals surface area contributed by atoms with Crippen LogP contribution in [0.2, 0.25) is 10.0 Å². The molecule has 2 aliphatic carbocycles. The van der Waals surface area contributed by atoms with Crippen molar-refractivity contribution < 1.29 is 44.6 Å². The number of unbranched alkanes of at least 4 members (excludes halogenated alkanes) is 1. The predicted octanol–water partition coefficient (Wildman–Crippen LogP) is 2.88. The lowest BCUT2D eigenvalue weighted by Gasteiger charge is -2.29. The number of halogens is 2. The van der Waals surface area contributed by atoms with Gasteiger partial charge >= 0.3 is 0 Å². The lowest BCUT2D eigenvalue weighted by molar-refractivity contribution is -0.159. The molecule has 0 spiro atoms. The van der Waals surface area contributed by atoms with Crippen LogP contribution in [0.4, 0.5) is 0 Å². The Morgan fingerprint density at radius 3 is 2.36 bits per heavy atom. The van der Waals surface area contributed by atoms with E-state index in [1.807, 2.05) is 30.5 Å². The number of benzene rings is 2. The fourth-order valence-electron chi connectivity index (χ4n) is 5.83. The maximum Gasteiger partial charge on any atom is 0.254 e. The van der Waals surface area contributed by atoms with E-state index >= 15 is 0 Å². The number of nitrogens with two attached hydrogens (primary N) is 1. The van der Waals surface area contributed by atoms with Gasteiger partial charge in [0.15, 0.2) is 6.10 Å². The summed E-state index contributed by atoms with van der Waals surface area (Å²) in [6.07, 6.45) is 1.00. The molecule has 12 nitrogen and oxygen atoms in total. The highest BCUT2D eigenvalue weighted by molar-refractivity contribution is 6.34. The average Bonchev–Trinajstić information content (AvgIpc) is 4.06. The van der Waals surface area contributed by atoms with Crippen LogP contribution in [-0.2, 0) is 33.0 Å². The smallest absolute Gasteiger partial charge is 0.254 e. The molecule has 1 heterocycles. The summed E-state index contributed by atoms with van der Waals surface area (Å²) in [7, 11) is 0. The third-order valence-corrected chi connectivity index (χ3v) is 9.72. The molecule has 1 aromatic heterocycles. The lowest BCUT2D eigenvalue weighted by Crippen LogP contribution is -2.53. The summed E-state index contributed by atoms with van der Waals surface area (Å²) in [4.78, 5) is 29.8. The molecule has 7 N–H and O–H groups in total. The maximum atomic E-state index is 12.8. The van der Waals surface area contributed by atoms with Gasteiger partial charge in [0.25, 0.3) is 5.91 Å². The van der Waals surface area contributed by atoms with E-state index in [1.165, 1.54) is 0 Å². The Balaban J connectivity index is 1.19. The van der Waals surface area contributed by atoms with Crippen molar-refractivity contribution in [3.63, 3.8) is 0 Å². The number of carbonyl (C=O) groups excluding carboxylic acids is 2. The quantitative estimate of drug-likeness (QED) is 0.0998. The first-order valence-electron chi connectivity index (χ1n) is 16.7. The number of carbonyl (C=O) groups is 2. The van der Waals surface area contributed by atoms with E-state index in [2.05, 4.69) is 11.1 Å². The molecule has 3 aromatic rings. The van der Waals surface area contributed by atoms with Crippen molar-refractivity contribution in [3.05, 3.63) is 81.6 Å². The van der Waals surface area contributed by atoms with Crippen LogP contribution in [0.15, 0.2) is 54.9 Å². The van der Waals surface area contributed by atoms with Crippen molar-refractivity contribution in [2.24, 2.45) is 5.73 Å². The molecular weight excluding hydrogens is 689 g/mol. The number of ether oxygens (including phenoxy) is 2. The summed E-state index contributed by atoms with van der Waals surface area (Å²) < 4.78 is 12.8. The number of aliphatic hydroxyl groups is 5. The molecule has 2 amide bonds. The second kappa shape index (κ2) is 16.8. The molecule has 50 heavy (non-hydrogen) atoms. The predicted molar refractivity (Wildman–Crippen MR) is 185 cm³/mol. The van der Waals surface area contributed by atoms with Crippen molar-refractivity contribution >= 4 is 35.0 Å². The van der Waals surface area contributed by atoms with E-state index in [0.717, 1.165) is 64.1 Å². The molecular formula is C36H43Cl2N3O9. The molecule has 2 saturated carbocycles. The zero-order valence-corrected chi connectivity index (χ0v) is 29.0. The highest BCUT2D eigenvalue weighted by atomic mass is 35.5. The highest BCUT2D eigenvalue weighted by Gasteiger charge is 2.48. The number of para-hydroxylation sites is 1. The zero-order valence-electron chi connectivity index (χ0n) is 27.5. The topological polar surface area (TPSA) is 196 Å². The van der Waals surface area contributed by atoms with Gasteiger partial charge in [-0.05, 0) is 85.9 Å². The zero-order chi connectivity index (χ0) is 36.0. The number of amides is 2. The largest absolute Gasteiger partial charge is 0.490 e. The van der Waals surface area contributed by atoms with Crippen LogP contribution in [0.5, 0.6) is 5.75 Å². The Labute approximate surface area is 300 Å². The first-order chi connectivity index (χ1) is 23.9. The molecule has 0 bridgehead atoms. The van der Waals surface area contributed by atoms with Crippen LogP contribution < -0.4 is 10.5 Å². The number of hydrogen-bond acceptors (Lipinski definition) is 10. The summed E-state index contributed by atoms with van der Waals surface area (Å²) >= 11 is 13.4. The van der Waals surface area contributed by atoms with E-state index in [4.69, 9.17) is 43.5 Å². The van der Waals surface area contributed by atoms with Crippen molar-refractivity contribution in [2.75, 3.05) is 19.7 Å². The fraction of sp³-hybridized carbons (Fsp3) is 0.472. The molecule has 0 saturated heterocycles. The van der Waals surface area contributed by atoms with Crippen LogP contribution >= 0.6 is 23.2 Å². The Bertz CT molecular complexity index is 1650. The second-order valence-electron chi connectivity index (χ2n) is 12.9. The molecule has 0 radical (unpaired) electrons. The van der Waals surface area contributed by atoms with Gasteiger partial charge < -0.3 is 45.6 Å². The number of aliphatic hydroxyl groups excluding tert-OH is 5. The van der Waals surface area contributed by atoms with Crippen LogP contribution in [0.25, 0.3) is 11.1 Å². The Hall–Kier alpha value is -3.33. The summed E-state index contributed by atoms with van der Waals surface area (Å²) in [5, 5.41) is 49.8. The minimum atomic E-state index is -2.16. The molecule has 4 atom stereocenters. The van der Waals surface area contributed by atoms with E-state index in [9.17, 15) is 30.0 Å². The summed E-state index contributed by atoms with van der Waals surface area (Å²) in [6, 6.07) is 13.6. The summed E-state index contributed by atoms with van der Waals surface area (Å²) in [5.74, 6) is -1.06. The minimum absolute atomic E-state index is 0.00290. The number of rotatable bonds is 19. The molecule has 2 aliphatic rings. The van der Waals surface area contributed by atoms with Gasteiger partial charge in [-0.3, -0.25) is 14.6 Å². The highest BCUT2D eigenvalue weighted by Crippen LogP contribution is 2.53. The van der Waals surface area contributed by atoms with Gasteiger partial charge in [0.05, 0.1) is 31.5 Å². The van der Waals surface area contributed by atoms with Crippen LogP contribution in [0.3, 0.4) is 0 Å². The van der Waals surface area contributed by atoms with E-state index in [-0.39, 0.29) is 19.3 Å². The number of aryl methyl sites for hydroxylation is 1. The van der Waals surface area contributed by atoms with Gasteiger partial charge in [-0.15, -0.1) is 0 Å². The first-order valence-corrected chi connectivity index (χ1v) is 17.4. The van der Waals surface area contributed by atoms with Gasteiger partial charge in [-0.2, -0.15) is 0 Å². The Morgan fingerprint density at radius 2 is 1.68 bits per heavy atom. The number of hydrogen-bond donors (Lipinski definition) is 6. The van der Waals surface area contributed by atoms with Gasteiger partial charge in [-0.1, -0.05) is 41.4 Å². The van der Waals surface area contributed by atoms with E-state index in [0.29, 0.717) is 29.3 Å². The molecule has 2 aromatic carbocycles. The van der Waals surface area contributed by atoms with Crippen LogP contribution in [-0.4, -0.2) is 97.4 Å². The minimum Gasteiger partial charge on any atom is -0.490 e. The van der Waals surface area contributed by atoms with Crippen molar-refractivity contribution in [1.29, 1.82) is 0 Å². The SMILES string of the molecule is NC(=O)CN(CCCCc1cc(Cl)c(COC2(c3cnccc3-c3ccccc3OC3CC3)CC2)cc1Cl)C(=O)C(O)C(O)C(O)C(O)CO. The molecule has 270 valence electrons. The van der Waals surface area contributed by atoms with E-state index in [1.54, 1.807) is 18.3 Å². The molecule has 5 rings (SSSR count). The first kappa shape index (κ1) is 37.9. The average molecular weight is 733 g/mol. The Morgan fingerprint density at radius 1 is 0.980 bits per heavy atom. The van der Waals surface area contributed by atoms with Crippen LogP contribution in [0, 0.1) is 0 Å². The second-order valence-corrected chi connectivity index (χ2v) is 13.7. The molecule has 4 unspecified atom stereocenters. The van der Waals surface area contributed by atoms with Crippen molar-refractivity contribution in [1.82, 2.24) is 9.88 Å². The van der Waals surface area contributed by atoms with Crippen molar-refractivity contribution in [3.8, 4) is 16.9 Å². The normalized spacial score (nSPS) is 17.4. The monoisotopic (exact) mass is 731 g/mol.